The number of carbonyl (C=O) groups excluding carboxylic acids is 1. The normalized spacial score (nSPS) is 9.21. The van der Waals surface area contributed by atoms with Crippen molar-refractivity contribution in [1.29, 1.82) is 0 Å². The van der Waals surface area contributed by atoms with Crippen LogP contribution in [0.15, 0.2) is 30.3 Å². The van der Waals surface area contributed by atoms with E-state index in [-0.39, 0.29) is 5.91 Å². The molecule has 0 aliphatic rings. The molecule has 0 unspecified atom stereocenters. The van der Waals surface area contributed by atoms with E-state index in [0.29, 0.717) is 6.42 Å². The molecule has 74 valence electrons. The van der Waals surface area contributed by atoms with Crippen molar-refractivity contribution < 1.29 is 9.63 Å². The van der Waals surface area contributed by atoms with Crippen LogP contribution in [-0.2, 0) is 16.1 Å². The number of nitrogens with zero attached hydrogens (tertiary/aromatic N) is 1. The molecule has 1 rings (SSSR count). The number of hydrogen-bond donors (Lipinski definition) is 0. The third-order valence-corrected chi connectivity index (χ3v) is 1.84. The summed E-state index contributed by atoms with van der Waals surface area (Å²) in [5.41, 5.74) is 2.01. The van der Waals surface area contributed by atoms with Crippen LogP contribution in [0.25, 0.3) is 0 Å². The van der Waals surface area contributed by atoms with Gasteiger partial charge in [-0.2, -0.15) is 5.06 Å². The average Bonchev–Trinajstić information content (AvgIpc) is 2.19. The highest BCUT2D eigenvalue weighted by molar-refractivity contribution is 7.78. The molecule has 0 aliphatic heterocycles. The summed E-state index contributed by atoms with van der Waals surface area (Å²) in [6.45, 7) is 0. The number of hydrogen-bond acceptors (Lipinski definition) is 3. The maximum Gasteiger partial charge on any atom is 0.259 e. The number of thiocarbonyl (C=S) groups is 1. The summed E-state index contributed by atoms with van der Waals surface area (Å²) in [6, 6.07) is 9.48. The minimum atomic E-state index is -0.127. The van der Waals surface area contributed by atoms with Crippen LogP contribution in [0.5, 0.6) is 0 Å². The number of rotatable bonds is 4. The first kappa shape index (κ1) is 10.7. The Morgan fingerprint density at radius 1 is 1.50 bits per heavy atom. The van der Waals surface area contributed by atoms with Gasteiger partial charge in [0.15, 0.2) is 5.55 Å². The Morgan fingerprint density at radius 3 is 2.71 bits per heavy atom. The first-order chi connectivity index (χ1) is 6.74. The zero-order valence-electron chi connectivity index (χ0n) is 7.84. The number of amides is 1. The molecule has 0 bridgehead atoms. The predicted octanol–water partition coefficient (Wildman–Crippen LogP) is 1.58. The van der Waals surface area contributed by atoms with Gasteiger partial charge in [-0.25, -0.2) is 0 Å². The van der Waals surface area contributed by atoms with Crippen molar-refractivity contribution in [1.82, 2.24) is 5.06 Å². The third kappa shape index (κ3) is 3.14. The summed E-state index contributed by atoms with van der Waals surface area (Å²) >= 11 is 4.47. The Bertz CT molecular complexity index is 313. The number of carbonyl (C=O) groups is 1. The molecule has 0 spiro atoms. The lowest BCUT2D eigenvalue weighted by molar-refractivity contribution is -0.152. The van der Waals surface area contributed by atoms with E-state index in [4.69, 9.17) is 4.84 Å². The first-order valence-corrected chi connectivity index (χ1v) is 4.62. The van der Waals surface area contributed by atoms with Crippen LogP contribution in [0.2, 0.25) is 0 Å². The topological polar surface area (TPSA) is 29.5 Å². The fourth-order valence-corrected chi connectivity index (χ4v) is 1.13. The lowest BCUT2D eigenvalue weighted by Crippen LogP contribution is -2.27. The van der Waals surface area contributed by atoms with Gasteiger partial charge in [-0.3, -0.25) is 4.79 Å². The largest absolute Gasteiger partial charge is 0.373 e. The fraction of sp³-hybridized carbons (Fsp3) is 0.200. The number of likely N-dealkylation sites (N-methyl/N-ethyl adjacent to an activating group) is 1. The van der Waals surface area contributed by atoms with E-state index < -0.39 is 0 Å². The SMILES string of the molecule is CN(OC=S)C(=O)Cc1ccccc1. The van der Waals surface area contributed by atoms with Gasteiger partial charge in [-0.15, -0.1) is 0 Å². The average molecular weight is 209 g/mol. The number of benzene rings is 1. The molecule has 0 fully saturated rings. The summed E-state index contributed by atoms with van der Waals surface area (Å²) in [7, 11) is 1.54. The van der Waals surface area contributed by atoms with Gasteiger partial charge in [0.1, 0.15) is 0 Å². The van der Waals surface area contributed by atoms with Crippen molar-refractivity contribution in [2.75, 3.05) is 7.05 Å². The predicted molar refractivity (Wildman–Crippen MR) is 57.7 cm³/mol. The lowest BCUT2D eigenvalue weighted by Gasteiger charge is -2.13. The molecule has 14 heavy (non-hydrogen) atoms. The van der Waals surface area contributed by atoms with Crippen LogP contribution < -0.4 is 0 Å². The van der Waals surface area contributed by atoms with Crippen LogP contribution in [0.1, 0.15) is 5.56 Å². The first-order valence-electron chi connectivity index (χ1n) is 4.15. The summed E-state index contributed by atoms with van der Waals surface area (Å²) in [5, 5.41) is 1.12. The molecule has 0 saturated carbocycles. The number of hydroxylamine groups is 2. The van der Waals surface area contributed by atoms with Crippen molar-refractivity contribution in [2.45, 2.75) is 6.42 Å². The molecule has 4 heteroatoms. The van der Waals surface area contributed by atoms with Gasteiger partial charge >= 0.3 is 0 Å². The molecule has 0 heterocycles. The van der Waals surface area contributed by atoms with Crippen molar-refractivity contribution >= 4 is 23.7 Å². The zero-order valence-corrected chi connectivity index (χ0v) is 8.66. The Balaban J connectivity index is 2.53. The lowest BCUT2D eigenvalue weighted by atomic mass is 10.1. The van der Waals surface area contributed by atoms with Gasteiger partial charge in [0.2, 0.25) is 0 Å². The molecular formula is C10H11NO2S. The molecule has 3 nitrogen and oxygen atoms in total. The molecule has 0 N–H and O–H groups in total. The summed E-state index contributed by atoms with van der Waals surface area (Å²) in [6.07, 6.45) is 0.320. The van der Waals surface area contributed by atoms with Crippen molar-refractivity contribution in [3.63, 3.8) is 0 Å². The smallest absolute Gasteiger partial charge is 0.259 e. The minimum Gasteiger partial charge on any atom is -0.373 e. The maximum absolute atomic E-state index is 11.4. The van der Waals surface area contributed by atoms with Gasteiger partial charge in [-0.05, 0) is 17.8 Å². The molecule has 0 saturated heterocycles. The molecule has 1 aromatic carbocycles. The van der Waals surface area contributed by atoms with Crippen molar-refractivity contribution in [3.05, 3.63) is 35.9 Å². The summed E-state index contributed by atoms with van der Waals surface area (Å²) < 4.78 is 0. The van der Waals surface area contributed by atoms with Crippen LogP contribution in [0.4, 0.5) is 0 Å². The second-order valence-electron chi connectivity index (χ2n) is 2.76. The summed E-state index contributed by atoms with van der Waals surface area (Å²) in [5.74, 6) is -0.127. The van der Waals surface area contributed by atoms with Crippen LogP contribution in [-0.4, -0.2) is 23.6 Å². The molecule has 0 aromatic heterocycles. The van der Waals surface area contributed by atoms with Gasteiger partial charge < -0.3 is 4.84 Å². The van der Waals surface area contributed by atoms with Crippen molar-refractivity contribution in [2.24, 2.45) is 0 Å². The van der Waals surface area contributed by atoms with E-state index in [9.17, 15) is 4.79 Å². The second kappa shape index (κ2) is 5.34. The Labute approximate surface area is 88.2 Å². The van der Waals surface area contributed by atoms with E-state index in [1.165, 1.54) is 7.05 Å². The monoisotopic (exact) mass is 209 g/mol. The standard InChI is InChI=1S/C10H11NO2S/c1-11(13-8-14)10(12)7-9-5-3-2-4-6-9/h2-6,8H,7H2,1H3. The van der Waals surface area contributed by atoms with E-state index >= 15 is 0 Å². The molecule has 0 radical (unpaired) electrons. The highest BCUT2D eigenvalue weighted by atomic mass is 32.1. The molecular weight excluding hydrogens is 198 g/mol. The molecule has 1 aromatic rings. The molecule has 0 atom stereocenters. The van der Waals surface area contributed by atoms with E-state index in [1.807, 2.05) is 30.3 Å². The Morgan fingerprint density at radius 2 is 2.14 bits per heavy atom. The van der Waals surface area contributed by atoms with E-state index in [2.05, 4.69) is 12.2 Å². The second-order valence-corrected chi connectivity index (χ2v) is 2.95. The maximum atomic E-state index is 11.4. The summed E-state index contributed by atoms with van der Waals surface area (Å²) in [4.78, 5) is 16.2. The zero-order chi connectivity index (χ0) is 10.4. The van der Waals surface area contributed by atoms with Crippen molar-refractivity contribution in [3.8, 4) is 0 Å². The highest BCUT2D eigenvalue weighted by Gasteiger charge is 2.08. The van der Waals surface area contributed by atoms with Gasteiger partial charge in [0, 0.05) is 7.05 Å². The van der Waals surface area contributed by atoms with E-state index in [1.54, 1.807) is 0 Å². The molecule has 1 amide bonds. The van der Waals surface area contributed by atoms with Crippen LogP contribution in [0, 0.1) is 0 Å². The third-order valence-electron chi connectivity index (χ3n) is 1.75. The highest BCUT2D eigenvalue weighted by Crippen LogP contribution is 2.01. The van der Waals surface area contributed by atoms with Crippen LogP contribution in [0.3, 0.4) is 0 Å². The Kier molecular flexibility index (Phi) is 4.07. The van der Waals surface area contributed by atoms with E-state index in [0.717, 1.165) is 16.2 Å². The Hall–Kier alpha value is -1.42. The van der Waals surface area contributed by atoms with Gasteiger partial charge in [0.05, 0.1) is 6.42 Å². The van der Waals surface area contributed by atoms with Gasteiger partial charge in [0.25, 0.3) is 5.91 Å². The van der Waals surface area contributed by atoms with Gasteiger partial charge in [-0.1, -0.05) is 30.3 Å². The molecule has 0 aliphatic carbocycles. The van der Waals surface area contributed by atoms with Crippen LogP contribution >= 0.6 is 12.2 Å². The fourth-order valence-electron chi connectivity index (χ4n) is 1.01. The quantitative estimate of drug-likeness (QED) is 0.557. The minimum absolute atomic E-state index is 0.127.